The summed E-state index contributed by atoms with van der Waals surface area (Å²) in [5, 5.41) is 2.45. The minimum absolute atomic E-state index is 0.0979. The van der Waals surface area contributed by atoms with E-state index >= 15 is 0 Å². The van der Waals surface area contributed by atoms with E-state index in [0.717, 1.165) is 22.7 Å². The molecule has 0 saturated carbocycles. The average Bonchev–Trinajstić information content (AvgIpc) is 2.45. The zero-order chi connectivity index (χ0) is 18.0. The number of carbonyl (C=O) groups is 1. The fourth-order valence-corrected chi connectivity index (χ4v) is 3.68. The number of nitrogens with zero attached hydrogens (tertiary/aromatic N) is 1. The molecule has 0 aromatic heterocycles. The molecule has 10 heteroatoms. The van der Waals surface area contributed by atoms with Crippen LogP contribution in [0.2, 0.25) is 0 Å². The number of sulfonamides is 1. The summed E-state index contributed by atoms with van der Waals surface area (Å²) in [6.45, 7) is 0.244. The minimum atomic E-state index is -4.83. The Morgan fingerprint density at radius 1 is 1.33 bits per heavy atom. The van der Waals surface area contributed by atoms with Gasteiger partial charge in [0.15, 0.2) is 0 Å². The van der Waals surface area contributed by atoms with Gasteiger partial charge >= 0.3 is 6.36 Å². The number of nitrogens with one attached hydrogen (secondary N) is 1. The molecule has 1 amide bonds. The molecule has 1 aliphatic heterocycles. The Bertz CT molecular complexity index is 706. The maximum atomic E-state index is 12.3. The highest BCUT2D eigenvalue weighted by Crippen LogP contribution is 2.26. The fraction of sp³-hybridized carbons (Fsp3) is 0.500. The summed E-state index contributed by atoms with van der Waals surface area (Å²) in [6, 6.07) is 3.95. The van der Waals surface area contributed by atoms with E-state index in [1.165, 1.54) is 12.1 Å². The first-order chi connectivity index (χ1) is 11.1. The molecule has 1 fully saturated rings. The van der Waals surface area contributed by atoms with Crippen molar-refractivity contribution in [2.75, 3.05) is 18.1 Å². The molecule has 0 spiro atoms. The number of hydrogen-bond acceptors (Lipinski definition) is 4. The molecule has 0 aliphatic carbocycles. The molecule has 1 saturated heterocycles. The lowest BCUT2D eigenvalue weighted by Crippen LogP contribution is -2.49. The minimum Gasteiger partial charge on any atom is -0.406 e. The van der Waals surface area contributed by atoms with Crippen molar-refractivity contribution in [2.45, 2.75) is 31.7 Å². The number of anilines is 1. The average molecular weight is 366 g/mol. The summed E-state index contributed by atoms with van der Waals surface area (Å²) in [7, 11) is -3.55. The predicted octanol–water partition coefficient (Wildman–Crippen LogP) is 2.34. The maximum absolute atomic E-state index is 12.3. The van der Waals surface area contributed by atoms with Crippen LogP contribution in [0.1, 0.15) is 19.3 Å². The first-order valence-electron chi connectivity index (χ1n) is 7.20. The summed E-state index contributed by atoms with van der Waals surface area (Å²) in [5.74, 6) is -1.05. The molecule has 134 valence electrons. The lowest BCUT2D eigenvalue weighted by molar-refractivity contribution is -0.274. The predicted molar refractivity (Wildman–Crippen MR) is 80.9 cm³/mol. The van der Waals surface area contributed by atoms with Crippen LogP contribution in [0, 0.1) is 0 Å². The molecular weight excluding hydrogens is 349 g/mol. The van der Waals surface area contributed by atoms with Gasteiger partial charge in [-0.2, -0.15) is 4.31 Å². The van der Waals surface area contributed by atoms with Gasteiger partial charge in [0.1, 0.15) is 11.8 Å². The summed E-state index contributed by atoms with van der Waals surface area (Å²) in [4.78, 5) is 12.3. The molecular formula is C14H17F3N2O4S. The SMILES string of the molecule is CS(=O)(=O)N1CCCCC1C(=O)Nc1cccc(OC(F)(F)F)c1. The second-order valence-corrected chi connectivity index (χ2v) is 7.39. The number of halogens is 3. The van der Waals surface area contributed by atoms with Crippen molar-refractivity contribution < 1.29 is 31.1 Å². The van der Waals surface area contributed by atoms with Crippen molar-refractivity contribution in [3.05, 3.63) is 24.3 Å². The highest BCUT2D eigenvalue weighted by Gasteiger charge is 2.35. The molecule has 1 atom stereocenters. The van der Waals surface area contributed by atoms with Gasteiger partial charge in [0.05, 0.1) is 6.26 Å². The maximum Gasteiger partial charge on any atom is 0.573 e. The third kappa shape index (κ3) is 5.10. The number of hydrogen-bond donors (Lipinski definition) is 1. The van der Waals surface area contributed by atoms with E-state index in [1.807, 2.05) is 0 Å². The number of alkyl halides is 3. The van der Waals surface area contributed by atoms with Crippen LogP contribution in [0.4, 0.5) is 18.9 Å². The monoisotopic (exact) mass is 366 g/mol. The molecule has 0 radical (unpaired) electrons. The number of carbonyl (C=O) groups excluding carboxylic acids is 1. The van der Waals surface area contributed by atoms with Gasteiger partial charge in [-0.1, -0.05) is 12.5 Å². The van der Waals surface area contributed by atoms with Crippen LogP contribution in [0.5, 0.6) is 5.75 Å². The lowest BCUT2D eigenvalue weighted by atomic mass is 10.0. The van der Waals surface area contributed by atoms with Crippen molar-refractivity contribution in [1.29, 1.82) is 0 Å². The number of benzene rings is 1. The standard InChI is InChI=1S/C14H17F3N2O4S/c1-24(21,22)19-8-3-2-7-12(19)13(20)18-10-5-4-6-11(9-10)23-14(15,16)17/h4-6,9,12H,2-3,7-8H2,1H3,(H,18,20). The quantitative estimate of drug-likeness (QED) is 0.888. The van der Waals surface area contributed by atoms with Crippen LogP contribution in [-0.4, -0.2) is 43.8 Å². The second kappa shape index (κ2) is 6.98. The van der Waals surface area contributed by atoms with Gasteiger partial charge in [-0.05, 0) is 25.0 Å². The van der Waals surface area contributed by atoms with Gasteiger partial charge in [-0.15, -0.1) is 13.2 Å². The van der Waals surface area contributed by atoms with Crippen LogP contribution in [-0.2, 0) is 14.8 Å². The molecule has 6 nitrogen and oxygen atoms in total. The fourth-order valence-electron chi connectivity index (χ4n) is 2.56. The largest absolute Gasteiger partial charge is 0.573 e. The number of piperidine rings is 1. The third-order valence-electron chi connectivity index (χ3n) is 3.52. The van der Waals surface area contributed by atoms with Gasteiger partial charge in [-0.25, -0.2) is 8.42 Å². The van der Waals surface area contributed by atoms with E-state index in [4.69, 9.17) is 0 Å². The van der Waals surface area contributed by atoms with Crippen molar-refractivity contribution in [1.82, 2.24) is 4.31 Å². The Hall–Kier alpha value is -1.81. The van der Waals surface area contributed by atoms with Crippen LogP contribution in [0.3, 0.4) is 0 Å². The molecule has 1 N–H and O–H groups in total. The van der Waals surface area contributed by atoms with Gasteiger partial charge in [0.2, 0.25) is 15.9 Å². The summed E-state index contributed by atoms with van der Waals surface area (Å²) in [6.07, 6.45) is -2.10. The molecule has 24 heavy (non-hydrogen) atoms. The Balaban J connectivity index is 2.12. The van der Waals surface area contributed by atoms with Crippen LogP contribution in [0.25, 0.3) is 0 Å². The van der Waals surface area contributed by atoms with Crippen molar-refractivity contribution in [3.63, 3.8) is 0 Å². The normalized spacial score (nSPS) is 19.8. The van der Waals surface area contributed by atoms with E-state index < -0.39 is 34.1 Å². The Kier molecular flexibility index (Phi) is 5.38. The van der Waals surface area contributed by atoms with Crippen molar-refractivity contribution in [2.24, 2.45) is 0 Å². The summed E-state index contributed by atoms with van der Waals surface area (Å²) < 4.78 is 65.1. The van der Waals surface area contributed by atoms with Crippen LogP contribution >= 0.6 is 0 Å². The Morgan fingerprint density at radius 2 is 2.04 bits per heavy atom. The highest BCUT2D eigenvalue weighted by atomic mass is 32.2. The third-order valence-corrected chi connectivity index (χ3v) is 4.81. The number of amides is 1. The van der Waals surface area contributed by atoms with Gasteiger partial charge < -0.3 is 10.1 Å². The first kappa shape index (κ1) is 18.5. The zero-order valence-electron chi connectivity index (χ0n) is 12.8. The van der Waals surface area contributed by atoms with E-state index in [0.29, 0.717) is 19.3 Å². The molecule has 1 aliphatic rings. The van der Waals surface area contributed by atoms with Crippen molar-refractivity contribution >= 4 is 21.6 Å². The van der Waals surface area contributed by atoms with E-state index in [9.17, 15) is 26.4 Å². The van der Waals surface area contributed by atoms with E-state index in [-0.39, 0.29) is 12.2 Å². The van der Waals surface area contributed by atoms with Gasteiger partial charge in [-0.3, -0.25) is 4.79 Å². The van der Waals surface area contributed by atoms with Crippen LogP contribution < -0.4 is 10.1 Å². The molecule has 1 aromatic carbocycles. The summed E-state index contributed by atoms with van der Waals surface area (Å²) >= 11 is 0. The number of rotatable bonds is 4. The Morgan fingerprint density at radius 3 is 2.67 bits per heavy atom. The van der Waals surface area contributed by atoms with Gasteiger partial charge in [0, 0.05) is 18.3 Å². The second-order valence-electron chi connectivity index (χ2n) is 5.45. The molecule has 2 rings (SSSR count). The Labute approximate surface area is 137 Å². The zero-order valence-corrected chi connectivity index (χ0v) is 13.7. The van der Waals surface area contributed by atoms with Gasteiger partial charge in [0.25, 0.3) is 0 Å². The molecule has 1 unspecified atom stereocenters. The van der Waals surface area contributed by atoms with Crippen LogP contribution in [0.15, 0.2) is 24.3 Å². The lowest BCUT2D eigenvalue weighted by Gasteiger charge is -2.32. The molecule has 1 aromatic rings. The topological polar surface area (TPSA) is 75.7 Å². The van der Waals surface area contributed by atoms with E-state index in [1.54, 1.807) is 0 Å². The highest BCUT2D eigenvalue weighted by molar-refractivity contribution is 7.88. The smallest absolute Gasteiger partial charge is 0.406 e. The first-order valence-corrected chi connectivity index (χ1v) is 9.04. The molecule has 0 bridgehead atoms. The number of ether oxygens (including phenoxy) is 1. The summed E-state index contributed by atoms with van der Waals surface area (Å²) in [5.41, 5.74) is 0.0979. The van der Waals surface area contributed by atoms with E-state index in [2.05, 4.69) is 10.1 Å². The van der Waals surface area contributed by atoms with Crippen molar-refractivity contribution in [3.8, 4) is 5.75 Å². The molecule has 1 heterocycles.